The van der Waals surface area contributed by atoms with Gasteiger partial charge in [0.15, 0.2) is 5.82 Å². The van der Waals surface area contributed by atoms with E-state index in [0.29, 0.717) is 21.7 Å². The maximum atomic E-state index is 14.3. The first kappa shape index (κ1) is 18.3. The van der Waals surface area contributed by atoms with Crippen LogP contribution in [0.1, 0.15) is 0 Å². The first-order valence-corrected chi connectivity index (χ1v) is 9.25. The van der Waals surface area contributed by atoms with Crippen molar-refractivity contribution in [3.63, 3.8) is 0 Å². The average molecular weight is 424 g/mol. The quantitative estimate of drug-likeness (QED) is 0.351. The SMILES string of the molecule is O=c1[nH]ccc2c(Nc3c(F)cc(F)cc3Cl)nc3ccc(-c4ccn[nH]4)cc3c12. The minimum atomic E-state index is -0.866. The number of nitrogens with zero attached hydrogens (tertiary/aromatic N) is 2. The molecule has 0 bridgehead atoms. The summed E-state index contributed by atoms with van der Waals surface area (Å²) in [5.74, 6) is -1.43. The zero-order chi connectivity index (χ0) is 20.8. The van der Waals surface area contributed by atoms with Gasteiger partial charge in [0.05, 0.1) is 27.3 Å². The van der Waals surface area contributed by atoms with Crippen LogP contribution in [0.3, 0.4) is 0 Å². The minimum absolute atomic E-state index is 0.124. The fourth-order valence-corrected chi connectivity index (χ4v) is 3.66. The van der Waals surface area contributed by atoms with Gasteiger partial charge >= 0.3 is 0 Å². The number of halogens is 3. The van der Waals surface area contributed by atoms with E-state index in [1.807, 2.05) is 18.2 Å². The molecule has 0 saturated heterocycles. The number of nitrogens with one attached hydrogen (secondary N) is 3. The summed E-state index contributed by atoms with van der Waals surface area (Å²) in [5, 5.41) is 11.0. The number of rotatable bonds is 3. The zero-order valence-corrected chi connectivity index (χ0v) is 15.9. The van der Waals surface area contributed by atoms with Gasteiger partial charge < -0.3 is 10.3 Å². The van der Waals surface area contributed by atoms with Crippen molar-refractivity contribution in [3.05, 3.63) is 81.9 Å². The fraction of sp³-hybridized carbons (Fsp3) is 0. The molecule has 148 valence electrons. The second-order valence-corrected chi connectivity index (χ2v) is 7.03. The first-order valence-electron chi connectivity index (χ1n) is 8.88. The maximum Gasteiger partial charge on any atom is 0.256 e. The Kier molecular flexibility index (Phi) is 4.22. The summed E-state index contributed by atoms with van der Waals surface area (Å²) in [6.07, 6.45) is 3.11. The Morgan fingerprint density at radius 3 is 2.67 bits per heavy atom. The summed E-state index contributed by atoms with van der Waals surface area (Å²) in [5.41, 5.74) is 1.69. The third-order valence-electron chi connectivity index (χ3n) is 4.78. The summed E-state index contributed by atoms with van der Waals surface area (Å²) in [6.45, 7) is 0. The van der Waals surface area contributed by atoms with Crippen LogP contribution in [-0.2, 0) is 0 Å². The topological polar surface area (TPSA) is 86.5 Å². The van der Waals surface area contributed by atoms with E-state index in [0.717, 1.165) is 23.4 Å². The summed E-state index contributed by atoms with van der Waals surface area (Å²) >= 11 is 6.02. The Morgan fingerprint density at radius 2 is 1.90 bits per heavy atom. The molecule has 3 N–H and O–H groups in total. The molecule has 0 spiro atoms. The Hall–Kier alpha value is -3.78. The lowest BCUT2D eigenvalue weighted by atomic mass is 10.0. The Morgan fingerprint density at radius 1 is 1.03 bits per heavy atom. The fourth-order valence-electron chi connectivity index (χ4n) is 3.42. The predicted octanol–water partition coefficient (Wildman–Crippen LogP) is 5.14. The van der Waals surface area contributed by atoms with Crippen molar-refractivity contribution >= 4 is 44.8 Å². The number of hydrogen-bond donors (Lipinski definition) is 3. The average Bonchev–Trinajstić information content (AvgIpc) is 3.25. The lowest BCUT2D eigenvalue weighted by Crippen LogP contribution is -2.08. The van der Waals surface area contributed by atoms with Gasteiger partial charge in [-0.1, -0.05) is 17.7 Å². The lowest BCUT2D eigenvalue weighted by molar-refractivity contribution is 0.586. The van der Waals surface area contributed by atoms with E-state index >= 15 is 0 Å². The summed E-state index contributed by atoms with van der Waals surface area (Å²) < 4.78 is 27.7. The van der Waals surface area contributed by atoms with Gasteiger partial charge in [-0.15, -0.1) is 0 Å². The van der Waals surface area contributed by atoms with E-state index in [1.54, 1.807) is 18.3 Å². The van der Waals surface area contributed by atoms with E-state index in [-0.39, 0.29) is 22.1 Å². The molecule has 0 atom stereocenters. The van der Waals surface area contributed by atoms with Gasteiger partial charge in [0.2, 0.25) is 0 Å². The number of fused-ring (bicyclic) bond motifs is 3. The van der Waals surface area contributed by atoms with E-state index in [4.69, 9.17) is 11.6 Å². The van der Waals surface area contributed by atoms with E-state index < -0.39 is 11.6 Å². The maximum absolute atomic E-state index is 14.3. The minimum Gasteiger partial charge on any atom is -0.336 e. The monoisotopic (exact) mass is 423 g/mol. The van der Waals surface area contributed by atoms with Gasteiger partial charge in [0.1, 0.15) is 11.6 Å². The van der Waals surface area contributed by atoms with E-state index in [9.17, 15) is 13.6 Å². The summed E-state index contributed by atoms with van der Waals surface area (Å²) in [6, 6.07) is 10.6. The highest BCUT2D eigenvalue weighted by atomic mass is 35.5. The molecule has 0 radical (unpaired) electrons. The van der Waals surface area contributed by atoms with Crippen LogP contribution in [0.4, 0.5) is 20.3 Å². The number of benzene rings is 2. The standard InChI is InChI=1S/C21H12ClF2N5O/c22-14-8-11(23)9-15(24)19(14)28-20-12-3-5-25-21(30)18(12)13-7-10(1-2-17(13)27-20)16-4-6-26-29-16/h1-9H,(H,25,30)(H,26,29)(H,27,28). The highest BCUT2D eigenvalue weighted by Gasteiger charge is 2.16. The molecule has 2 aromatic carbocycles. The Bertz CT molecular complexity index is 1460. The molecule has 3 aromatic heterocycles. The third kappa shape index (κ3) is 2.98. The van der Waals surface area contributed by atoms with Gasteiger partial charge in [0.25, 0.3) is 5.56 Å². The number of anilines is 2. The first-order chi connectivity index (χ1) is 14.5. The van der Waals surface area contributed by atoms with Crippen molar-refractivity contribution in [1.82, 2.24) is 20.2 Å². The van der Waals surface area contributed by atoms with Gasteiger partial charge in [-0.25, -0.2) is 13.8 Å². The molecule has 0 aliphatic rings. The predicted molar refractivity (Wildman–Crippen MR) is 112 cm³/mol. The molecule has 0 saturated carbocycles. The van der Waals surface area contributed by atoms with Crippen LogP contribution in [0.2, 0.25) is 5.02 Å². The molecule has 30 heavy (non-hydrogen) atoms. The number of aromatic nitrogens is 4. The van der Waals surface area contributed by atoms with Crippen molar-refractivity contribution < 1.29 is 8.78 Å². The smallest absolute Gasteiger partial charge is 0.256 e. The molecule has 0 aliphatic carbocycles. The molecule has 3 heterocycles. The van der Waals surface area contributed by atoms with Crippen molar-refractivity contribution in [3.8, 4) is 11.3 Å². The molecule has 0 unspecified atom stereocenters. The number of H-pyrrole nitrogens is 2. The molecule has 9 heteroatoms. The highest BCUT2D eigenvalue weighted by molar-refractivity contribution is 6.33. The van der Waals surface area contributed by atoms with Crippen LogP contribution < -0.4 is 10.9 Å². The number of aromatic amines is 2. The van der Waals surface area contributed by atoms with E-state index in [1.165, 1.54) is 6.20 Å². The van der Waals surface area contributed by atoms with Gasteiger partial charge in [-0.2, -0.15) is 5.10 Å². The molecule has 5 aromatic rings. The summed E-state index contributed by atoms with van der Waals surface area (Å²) in [7, 11) is 0. The molecule has 0 amide bonds. The van der Waals surface area contributed by atoms with Crippen LogP contribution in [0.25, 0.3) is 32.9 Å². The molecular weight excluding hydrogens is 412 g/mol. The molecule has 6 nitrogen and oxygen atoms in total. The van der Waals surface area contributed by atoms with Crippen LogP contribution in [0.5, 0.6) is 0 Å². The van der Waals surface area contributed by atoms with Crippen LogP contribution in [0, 0.1) is 11.6 Å². The largest absolute Gasteiger partial charge is 0.336 e. The van der Waals surface area contributed by atoms with Gasteiger partial charge in [0, 0.05) is 34.8 Å². The Labute approximate surface area is 172 Å². The third-order valence-corrected chi connectivity index (χ3v) is 5.07. The van der Waals surface area contributed by atoms with E-state index in [2.05, 4.69) is 25.5 Å². The second kappa shape index (κ2) is 6.93. The summed E-state index contributed by atoms with van der Waals surface area (Å²) in [4.78, 5) is 19.9. The van der Waals surface area contributed by atoms with Gasteiger partial charge in [-0.3, -0.25) is 9.89 Å². The zero-order valence-electron chi connectivity index (χ0n) is 15.1. The molecule has 0 fully saturated rings. The normalized spacial score (nSPS) is 11.3. The second-order valence-electron chi connectivity index (χ2n) is 6.63. The highest BCUT2D eigenvalue weighted by Crippen LogP contribution is 2.34. The van der Waals surface area contributed by atoms with Crippen LogP contribution in [-0.4, -0.2) is 20.2 Å². The molecular formula is C21H12ClF2N5O. The molecule has 0 aliphatic heterocycles. The van der Waals surface area contributed by atoms with Crippen molar-refractivity contribution in [1.29, 1.82) is 0 Å². The molecule has 5 rings (SSSR count). The van der Waals surface area contributed by atoms with Crippen LogP contribution in [0.15, 0.2) is 59.7 Å². The van der Waals surface area contributed by atoms with Gasteiger partial charge in [-0.05, 0) is 30.3 Å². The number of hydrogen-bond acceptors (Lipinski definition) is 4. The van der Waals surface area contributed by atoms with Crippen LogP contribution >= 0.6 is 11.6 Å². The van der Waals surface area contributed by atoms with Crippen molar-refractivity contribution in [2.75, 3.05) is 5.32 Å². The lowest BCUT2D eigenvalue weighted by Gasteiger charge is -2.13. The number of pyridine rings is 2. The van der Waals surface area contributed by atoms with Crippen molar-refractivity contribution in [2.45, 2.75) is 0 Å². The van der Waals surface area contributed by atoms with Crippen molar-refractivity contribution in [2.24, 2.45) is 0 Å². The Balaban J connectivity index is 1.77.